The van der Waals surface area contributed by atoms with Gasteiger partial charge in [-0.15, -0.1) is 11.8 Å². The first kappa shape index (κ1) is 16.7. The summed E-state index contributed by atoms with van der Waals surface area (Å²) in [6, 6.07) is 9.26. The van der Waals surface area contributed by atoms with Crippen molar-refractivity contribution in [3.8, 4) is 11.5 Å². The minimum atomic E-state index is -3.40. The molecular weight excluding hydrogens is 360 g/mol. The van der Waals surface area contributed by atoms with E-state index in [2.05, 4.69) is 4.98 Å². The lowest BCUT2D eigenvalue weighted by Gasteiger charge is -2.15. The van der Waals surface area contributed by atoms with Crippen LogP contribution in [0.15, 0.2) is 46.5 Å². The molecule has 132 valence electrons. The highest BCUT2D eigenvalue weighted by Gasteiger charge is 2.27. The fraction of sp³-hybridized carbons (Fsp3) is 0.353. The summed E-state index contributed by atoms with van der Waals surface area (Å²) in [6.07, 6.45) is 3.31. The number of hydrogen-bond acceptors (Lipinski definition) is 6. The fourth-order valence-electron chi connectivity index (χ4n) is 2.87. The van der Waals surface area contributed by atoms with E-state index in [1.807, 2.05) is 18.2 Å². The van der Waals surface area contributed by atoms with E-state index in [-0.39, 0.29) is 11.7 Å². The van der Waals surface area contributed by atoms with Crippen LogP contribution < -0.4 is 9.47 Å². The van der Waals surface area contributed by atoms with Crippen molar-refractivity contribution in [1.82, 2.24) is 9.29 Å². The largest absolute Gasteiger partial charge is 0.454 e. The van der Waals surface area contributed by atoms with Gasteiger partial charge in [0.25, 0.3) is 0 Å². The lowest BCUT2D eigenvalue weighted by atomic mass is 10.2. The molecule has 6 nitrogen and oxygen atoms in total. The number of rotatable bonds is 5. The number of aromatic nitrogens is 1. The van der Waals surface area contributed by atoms with Crippen LogP contribution in [-0.4, -0.2) is 37.6 Å². The number of benzene rings is 1. The second kappa shape index (κ2) is 6.86. The number of thioether (sulfide) groups is 1. The molecule has 0 aliphatic carbocycles. The van der Waals surface area contributed by atoms with Crippen LogP contribution in [0.5, 0.6) is 11.5 Å². The van der Waals surface area contributed by atoms with E-state index in [0.717, 1.165) is 40.7 Å². The third kappa shape index (κ3) is 3.47. The Hall–Kier alpha value is -1.77. The standard InChI is InChI=1S/C17H18N2O4S2/c20-25(21,19-7-1-2-8-19)14-4-6-17(18-10-14)24-11-13-3-5-15-16(9-13)23-12-22-15/h3-6,9-10H,1-2,7-8,11-12H2. The van der Waals surface area contributed by atoms with Crippen molar-refractivity contribution in [3.05, 3.63) is 42.1 Å². The Morgan fingerprint density at radius 1 is 1.08 bits per heavy atom. The topological polar surface area (TPSA) is 68.7 Å². The van der Waals surface area contributed by atoms with Crippen molar-refractivity contribution in [2.75, 3.05) is 19.9 Å². The molecule has 3 heterocycles. The zero-order valence-electron chi connectivity index (χ0n) is 13.6. The molecule has 1 fully saturated rings. The van der Waals surface area contributed by atoms with Gasteiger partial charge in [0, 0.05) is 25.0 Å². The molecule has 2 aliphatic rings. The Bertz CT molecular complexity index is 863. The second-order valence-electron chi connectivity index (χ2n) is 5.92. The van der Waals surface area contributed by atoms with E-state index < -0.39 is 10.0 Å². The molecule has 2 aliphatic heterocycles. The third-order valence-corrected chi connectivity index (χ3v) is 7.13. The van der Waals surface area contributed by atoms with Crippen LogP contribution in [0.25, 0.3) is 0 Å². The van der Waals surface area contributed by atoms with E-state index >= 15 is 0 Å². The van der Waals surface area contributed by atoms with Gasteiger partial charge in [-0.3, -0.25) is 0 Å². The van der Waals surface area contributed by atoms with Gasteiger partial charge < -0.3 is 9.47 Å². The highest BCUT2D eigenvalue weighted by molar-refractivity contribution is 7.98. The van der Waals surface area contributed by atoms with Crippen LogP contribution in [0.2, 0.25) is 0 Å². The van der Waals surface area contributed by atoms with E-state index in [9.17, 15) is 8.42 Å². The van der Waals surface area contributed by atoms with Gasteiger partial charge in [-0.25, -0.2) is 13.4 Å². The van der Waals surface area contributed by atoms with Gasteiger partial charge in [-0.2, -0.15) is 4.31 Å². The molecule has 0 bridgehead atoms. The van der Waals surface area contributed by atoms with Crippen LogP contribution in [0.1, 0.15) is 18.4 Å². The molecule has 0 N–H and O–H groups in total. The normalized spacial score (nSPS) is 17.1. The molecule has 25 heavy (non-hydrogen) atoms. The molecule has 1 saturated heterocycles. The molecule has 0 amide bonds. The highest BCUT2D eigenvalue weighted by atomic mass is 32.2. The number of nitrogens with zero attached hydrogens (tertiary/aromatic N) is 2. The van der Waals surface area contributed by atoms with Crippen molar-refractivity contribution < 1.29 is 17.9 Å². The van der Waals surface area contributed by atoms with Gasteiger partial charge in [-0.05, 0) is 42.7 Å². The van der Waals surface area contributed by atoms with Gasteiger partial charge in [0.15, 0.2) is 11.5 Å². The van der Waals surface area contributed by atoms with Crippen molar-refractivity contribution in [2.45, 2.75) is 28.5 Å². The minimum Gasteiger partial charge on any atom is -0.454 e. The van der Waals surface area contributed by atoms with Crippen molar-refractivity contribution in [2.24, 2.45) is 0 Å². The molecular formula is C17H18N2O4S2. The predicted molar refractivity (Wildman–Crippen MR) is 94.4 cm³/mol. The summed E-state index contributed by atoms with van der Waals surface area (Å²) >= 11 is 1.55. The molecule has 0 saturated carbocycles. The zero-order valence-corrected chi connectivity index (χ0v) is 15.2. The van der Waals surface area contributed by atoms with E-state index in [0.29, 0.717) is 13.1 Å². The number of ether oxygens (including phenoxy) is 2. The molecule has 0 spiro atoms. The smallest absolute Gasteiger partial charge is 0.244 e. The second-order valence-corrected chi connectivity index (χ2v) is 8.85. The van der Waals surface area contributed by atoms with Crippen LogP contribution in [0.3, 0.4) is 0 Å². The van der Waals surface area contributed by atoms with Crippen LogP contribution in [-0.2, 0) is 15.8 Å². The fourth-order valence-corrected chi connectivity index (χ4v) is 5.12. The maximum atomic E-state index is 12.5. The summed E-state index contributed by atoms with van der Waals surface area (Å²) < 4.78 is 37.2. The summed E-state index contributed by atoms with van der Waals surface area (Å²) in [7, 11) is -3.40. The van der Waals surface area contributed by atoms with E-state index in [1.165, 1.54) is 10.5 Å². The van der Waals surface area contributed by atoms with Crippen LogP contribution in [0, 0.1) is 0 Å². The lowest BCUT2D eigenvalue weighted by molar-refractivity contribution is 0.174. The third-order valence-electron chi connectivity index (χ3n) is 4.24. The lowest BCUT2D eigenvalue weighted by Crippen LogP contribution is -2.27. The minimum absolute atomic E-state index is 0.264. The molecule has 4 rings (SSSR count). The average Bonchev–Trinajstić information content (AvgIpc) is 3.31. The number of fused-ring (bicyclic) bond motifs is 1. The monoisotopic (exact) mass is 378 g/mol. The zero-order chi connectivity index (χ0) is 17.3. The first-order chi connectivity index (χ1) is 12.1. The maximum Gasteiger partial charge on any atom is 0.244 e. The molecule has 1 aromatic carbocycles. The van der Waals surface area contributed by atoms with Gasteiger partial charge in [0.05, 0.1) is 5.03 Å². The molecule has 0 radical (unpaired) electrons. The Kier molecular flexibility index (Phi) is 4.58. The van der Waals surface area contributed by atoms with E-state index in [1.54, 1.807) is 23.9 Å². The Labute approximate surface area is 151 Å². The number of pyridine rings is 1. The Morgan fingerprint density at radius 2 is 1.88 bits per heavy atom. The summed E-state index contributed by atoms with van der Waals surface area (Å²) in [4.78, 5) is 4.57. The van der Waals surface area contributed by atoms with Gasteiger partial charge in [-0.1, -0.05) is 6.07 Å². The molecule has 2 aromatic rings. The van der Waals surface area contributed by atoms with Crippen molar-refractivity contribution >= 4 is 21.8 Å². The predicted octanol–water partition coefficient (Wildman–Crippen LogP) is 2.89. The summed E-state index contributed by atoms with van der Waals surface area (Å²) in [5, 5.41) is 0.790. The summed E-state index contributed by atoms with van der Waals surface area (Å²) in [6.45, 7) is 1.46. The average molecular weight is 378 g/mol. The number of hydrogen-bond donors (Lipinski definition) is 0. The van der Waals surface area contributed by atoms with Crippen LogP contribution >= 0.6 is 11.8 Å². The first-order valence-electron chi connectivity index (χ1n) is 8.10. The Balaban J connectivity index is 1.42. The summed E-state index contributed by atoms with van der Waals surface area (Å²) in [5.74, 6) is 2.25. The van der Waals surface area contributed by atoms with Crippen LogP contribution in [0.4, 0.5) is 0 Å². The van der Waals surface area contributed by atoms with Gasteiger partial charge in [0.1, 0.15) is 4.90 Å². The maximum absolute atomic E-state index is 12.5. The van der Waals surface area contributed by atoms with Crippen molar-refractivity contribution in [1.29, 1.82) is 0 Å². The first-order valence-corrected chi connectivity index (χ1v) is 10.5. The summed E-state index contributed by atoms with van der Waals surface area (Å²) in [5.41, 5.74) is 1.10. The SMILES string of the molecule is O=S(=O)(c1ccc(SCc2ccc3c(c2)OCO3)nc1)N1CCCC1. The Morgan fingerprint density at radius 3 is 2.64 bits per heavy atom. The molecule has 1 aromatic heterocycles. The van der Waals surface area contributed by atoms with Crippen molar-refractivity contribution in [3.63, 3.8) is 0 Å². The molecule has 8 heteroatoms. The number of sulfonamides is 1. The molecule has 0 atom stereocenters. The van der Waals surface area contributed by atoms with E-state index in [4.69, 9.17) is 9.47 Å². The highest BCUT2D eigenvalue weighted by Crippen LogP contribution is 2.34. The molecule has 0 unspecified atom stereocenters. The van der Waals surface area contributed by atoms with Gasteiger partial charge in [0.2, 0.25) is 16.8 Å². The van der Waals surface area contributed by atoms with Gasteiger partial charge >= 0.3 is 0 Å². The quantitative estimate of drug-likeness (QED) is 0.745.